The fourth-order valence-electron chi connectivity index (χ4n) is 3.28. The van der Waals surface area contributed by atoms with Gasteiger partial charge in [-0.2, -0.15) is 4.31 Å². The lowest BCUT2D eigenvalue weighted by atomic mass is 10.2. The second kappa shape index (κ2) is 9.16. The van der Waals surface area contributed by atoms with Crippen LogP contribution < -0.4 is 9.64 Å². The van der Waals surface area contributed by atoms with Crippen molar-refractivity contribution in [1.29, 1.82) is 0 Å². The van der Waals surface area contributed by atoms with Gasteiger partial charge in [-0.3, -0.25) is 0 Å². The SMILES string of the molecule is CCCCOc1ccc(C)cc1S(=O)(=O)N1CCN(c2ccccc2Cl)CC1. The number of benzene rings is 2. The number of piperazine rings is 1. The van der Waals surface area contributed by atoms with Gasteiger partial charge in [0.15, 0.2) is 0 Å². The molecule has 0 aliphatic carbocycles. The van der Waals surface area contributed by atoms with Crippen LogP contribution in [-0.4, -0.2) is 45.5 Å². The number of nitrogens with zero attached hydrogens (tertiary/aromatic N) is 2. The predicted octanol–water partition coefficient (Wildman–Crippen LogP) is 4.34. The molecule has 28 heavy (non-hydrogen) atoms. The van der Waals surface area contributed by atoms with Crippen molar-refractivity contribution in [3.63, 3.8) is 0 Å². The standard InChI is InChI=1S/C21H27ClN2O3S/c1-3-4-15-27-20-10-9-17(2)16-21(20)28(25,26)24-13-11-23(12-14-24)19-8-6-5-7-18(19)22/h5-10,16H,3-4,11-15H2,1-2H3. The third-order valence-electron chi connectivity index (χ3n) is 4.90. The zero-order chi connectivity index (χ0) is 20.1. The van der Waals surface area contributed by atoms with E-state index in [4.69, 9.17) is 16.3 Å². The Kier molecular flexibility index (Phi) is 6.86. The van der Waals surface area contributed by atoms with Gasteiger partial charge in [0.2, 0.25) is 10.0 Å². The van der Waals surface area contributed by atoms with Crippen molar-refractivity contribution >= 4 is 27.3 Å². The van der Waals surface area contributed by atoms with Crippen LogP contribution in [0.5, 0.6) is 5.75 Å². The maximum atomic E-state index is 13.3. The molecule has 0 unspecified atom stereocenters. The highest BCUT2D eigenvalue weighted by atomic mass is 35.5. The summed E-state index contributed by atoms with van der Waals surface area (Å²) in [4.78, 5) is 2.39. The van der Waals surface area contributed by atoms with Crippen molar-refractivity contribution in [1.82, 2.24) is 4.31 Å². The monoisotopic (exact) mass is 422 g/mol. The summed E-state index contributed by atoms with van der Waals surface area (Å²) in [5.74, 6) is 0.438. The molecule has 1 heterocycles. The van der Waals surface area contributed by atoms with Crippen LogP contribution in [0.2, 0.25) is 5.02 Å². The molecule has 0 spiro atoms. The molecule has 2 aromatic rings. The summed E-state index contributed by atoms with van der Waals surface area (Å²) in [6.07, 6.45) is 1.89. The van der Waals surface area contributed by atoms with Gasteiger partial charge in [-0.1, -0.05) is 43.1 Å². The molecule has 5 nitrogen and oxygen atoms in total. The van der Waals surface area contributed by atoms with E-state index in [1.54, 1.807) is 16.4 Å². The summed E-state index contributed by atoms with van der Waals surface area (Å²) < 4.78 is 33.9. The second-order valence-corrected chi connectivity index (χ2v) is 9.31. The van der Waals surface area contributed by atoms with Crippen LogP contribution in [0.25, 0.3) is 0 Å². The third kappa shape index (κ3) is 4.62. The molecule has 7 heteroatoms. The highest BCUT2D eigenvalue weighted by molar-refractivity contribution is 7.89. The lowest BCUT2D eigenvalue weighted by Crippen LogP contribution is -2.48. The van der Waals surface area contributed by atoms with E-state index in [-0.39, 0.29) is 4.90 Å². The van der Waals surface area contributed by atoms with Gasteiger partial charge in [-0.05, 0) is 43.2 Å². The Morgan fingerprint density at radius 3 is 2.46 bits per heavy atom. The fourth-order valence-corrected chi connectivity index (χ4v) is 5.17. The quantitative estimate of drug-likeness (QED) is 0.623. The number of unbranched alkanes of at least 4 members (excludes halogenated alkanes) is 1. The van der Waals surface area contributed by atoms with Gasteiger partial charge >= 0.3 is 0 Å². The molecule has 0 amide bonds. The van der Waals surface area contributed by atoms with Crippen molar-refractivity contribution in [2.45, 2.75) is 31.6 Å². The third-order valence-corrected chi connectivity index (χ3v) is 7.14. The maximum Gasteiger partial charge on any atom is 0.246 e. The minimum absolute atomic E-state index is 0.259. The van der Waals surface area contributed by atoms with Crippen LogP contribution >= 0.6 is 11.6 Å². The Hall–Kier alpha value is -1.76. The predicted molar refractivity (Wildman–Crippen MR) is 114 cm³/mol. The molecule has 1 saturated heterocycles. The van der Waals surface area contributed by atoms with Gasteiger partial charge in [0.25, 0.3) is 0 Å². The summed E-state index contributed by atoms with van der Waals surface area (Å²) in [5.41, 5.74) is 1.84. The molecular weight excluding hydrogens is 396 g/mol. The zero-order valence-corrected chi connectivity index (χ0v) is 18.0. The van der Waals surface area contributed by atoms with Gasteiger partial charge in [-0.15, -0.1) is 0 Å². The molecule has 0 saturated carbocycles. The van der Waals surface area contributed by atoms with Crippen LogP contribution in [0.3, 0.4) is 0 Å². The molecule has 0 N–H and O–H groups in total. The van der Waals surface area contributed by atoms with Crippen LogP contribution in [0.4, 0.5) is 5.69 Å². The zero-order valence-electron chi connectivity index (χ0n) is 16.4. The molecule has 1 aliphatic rings. The van der Waals surface area contributed by atoms with Crippen molar-refractivity contribution in [3.05, 3.63) is 53.1 Å². The van der Waals surface area contributed by atoms with E-state index in [0.717, 1.165) is 24.1 Å². The number of halogens is 1. The number of ether oxygens (including phenoxy) is 1. The molecule has 1 aliphatic heterocycles. The minimum Gasteiger partial charge on any atom is -0.492 e. The first-order chi connectivity index (χ1) is 13.4. The van der Waals surface area contributed by atoms with E-state index in [9.17, 15) is 8.42 Å². The largest absolute Gasteiger partial charge is 0.492 e. The Balaban J connectivity index is 1.77. The number of para-hydroxylation sites is 1. The first-order valence-electron chi connectivity index (χ1n) is 9.66. The Labute approximate surface area is 172 Å². The average Bonchev–Trinajstić information content (AvgIpc) is 2.70. The first-order valence-corrected chi connectivity index (χ1v) is 11.5. The van der Waals surface area contributed by atoms with Crippen molar-refractivity contribution in [2.24, 2.45) is 0 Å². The summed E-state index contributed by atoms with van der Waals surface area (Å²) in [5, 5.41) is 0.684. The van der Waals surface area contributed by atoms with E-state index >= 15 is 0 Å². The molecular formula is C21H27ClN2O3S. The van der Waals surface area contributed by atoms with Crippen molar-refractivity contribution in [2.75, 3.05) is 37.7 Å². The van der Waals surface area contributed by atoms with Crippen molar-refractivity contribution in [3.8, 4) is 5.75 Å². The topological polar surface area (TPSA) is 49.9 Å². The van der Waals surface area contributed by atoms with Gasteiger partial charge in [0.05, 0.1) is 17.3 Å². The lowest BCUT2D eigenvalue weighted by Gasteiger charge is -2.36. The highest BCUT2D eigenvalue weighted by Gasteiger charge is 2.31. The molecule has 1 fully saturated rings. The Morgan fingerprint density at radius 1 is 1.07 bits per heavy atom. The van der Waals surface area contributed by atoms with Crippen LogP contribution in [0.15, 0.2) is 47.4 Å². The van der Waals surface area contributed by atoms with Gasteiger partial charge in [-0.25, -0.2) is 8.42 Å². The number of anilines is 1. The number of hydrogen-bond acceptors (Lipinski definition) is 4. The van der Waals surface area contributed by atoms with Crippen LogP contribution in [0, 0.1) is 6.92 Å². The molecule has 3 rings (SSSR count). The lowest BCUT2D eigenvalue weighted by molar-refractivity contribution is 0.299. The number of sulfonamides is 1. The summed E-state index contributed by atoms with van der Waals surface area (Å²) in [7, 11) is -3.62. The van der Waals surface area contributed by atoms with Gasteiger partial charge in [0, 0.05) is 26.2 Å². The molecule has 0 bridgehead atoms. The van der Waals surface area contributed by atoms with Gasteiger partial charge < -0.3 is 9.64 Å². The van der Waals surface area contributed by atoms with E-state index in [1.807, 2.05) is 37.3 Å². The summed E-state index contributed by atoms with van der Waals surface area (Å²) in [6.45, 7) is 6.51. The van der Waals surface area contributed by atoms with E-state index in [0.29, 0.717) is 43.6 Å². The molecule has 0 atom stereocenters. The van der Waals surface area contributed by atoms with E-state index < -0.39 is 10.0 Å². The summed E-state index contributed by atoms with van der Waals surface area (Å²) in [6, 6.07) is 13.0. The average molecular weight is 423 g/mol. The number of rotatable bonds is 7. The van der Waals surface area contributed by atoms with Crippen molar-refractivity contribution < 1.29 is 13.2 Å². The molecule has 152 valence electrons. The highest BCUT2D eigenvalue weighted by Crippen LogP contribution is 2.31. The molecule has 0 aromatic heterocycles. The maximum absolute atomic E-state index is 13.3. The van der Waals surface area contributed by atoms with Crippen LogP contribution in [0.1, 0.15) is 25.3 Å². The first kappa shape index (κ1) is 21.0. The summed E-state index contributed by atoms with van der Waals surface area (Å²) >= 11 is 6.29. The molecule has 2 aromatic carbocycles. The van der Waals surface area contributed by atoms with E-state index in [2.05, 4.69) is 11.8 Å². The second-order valence-electron chi connectivity index (χ2n) is 6.99. The minimum atomic E-state index is -3.62. The van der Waals surface area contributed by atoms with E-state index in [1.165, 1.54) is 0 Å². The fraction of sp³-hybridized carbons (Fsp3) is 0.429. The number of hydrogen-bond donors (Lipinski definition) is 0. The smallest absolute Gasteiger partial charge is 0.246 e. The Morgan fingerprint density at radius 2 is 1.79 bits per heavy atom. The normalized spacial score (nSPS) is 15.6. The Bertz CT molecular complexity index is 910. The van der Waals surface area contributed by atoms with Gasteiger partial charge in [0.1, 0.15) is 10.6 Å². The number of aryl methyl sites for hydroxylation is 1. The molecule has 0 radical (unpaired) electrons. The van der Waals surface area contributed by atoms with Crippen LogP contribution in [-0.2, 0) is 10.0 Å².